The van der Waals surface area contributed by atoms with Crippen molar-refractivity contribution in [1.29, 1.82) is 0 Å². The fraction of sp³-hybridized carbons (Fsp3) is 0.588. The average Bonchev–Trinajstić information content (AvgIpc) is 2.93. The number of rotatable bonds is 4. The van der Waals surface area contributed by atoms with Gasteiger partial charge < -0.3 is 15.7 Å². The minimum absolute atomic E-state index is 0.00193. The van der Waals surface area contributed by atoms with Gasteiger partial charge in [-0.2, -0.15) is 0 Å². The van der Waals surface area contributed by atoms with Crippen LogP contribution in [0.15, 0.2) is 24.3 Å². The second-order valence-electron chi connectivity index (χ2n) is 6.31. The standard InChI is InChI=1S/C17H24N2O2/c20-14-7-5-12(6-8-14)9-10-18-17(21)16-11-13-3-1-2-4-15(13)19-16/h5-8,13,15-16,19-20H,1-4,9-11H2,(H,18,21). The van der Waals surface area contributed by atoms with Crippen LogP contribution in [0, 0.1) is 5.92 Å². The van der Waals surface area contributed by atoms with E-state index in [2.05, 4.69) is 10.6 Å². The molecule has 2 aliphatic rings. The number of hydrogen-bond acceptors (Lipinski definition) is 3. The zero-order valence-corrected chi connectivity index (χ0v) is 12.3. The Kier molecular flexibility index (Phi) is 4.44. The molecule has 1 saturated heterocycles. The molecule has 3 unspecified atom stereocenters. The van der Waals surface area contributed by atoms with Gasteiger partial charge in [-0.3, -0.25) is 4.79 Å². The van der Waals surface area contributed by atoms with Gasteiger partial charge in [-0.1, -0.05) is 25.0 Å². The van der Waals surface area contributed by atoms with Crippen LogP contribution in [0.25, 0.3) is 0 Å². The minimum Gasteiger partial charge on any atom is -0.508 e. The summed E-state index contributed by atoms with van der Waals surface area (Å²) < 4.78 is 0. The van der Waals surface area contributed by atoms with Gasteiger partial charge in [0, 0.05) is 12.6 Å². The lowest BCUT2D eigenvalue weighted by atomic mass is 9.85. The first kappa shape index (κ1) is 14.4. The van der Waals surface area contributed by atoms with E-state index in [9.17, 15) is 9.90 Å². The molecule has 1 aromatic rings. The summed E-state index contributed by atoms with van der Waals surface area (Å²) in [5.41, 5.74) is 1.13. The van der Waals surface area contributed by atoms with Crippen LogP contribution in [0.5, 0.6) is 5.75 Å². The van der Waals surface area contributed by atoms with E-state index >= 15 is 0 Å². The molecule has 0 aromatic heterocycles. The quantitative estimate of drug-likeness (QED) is 0.794. The first-order valence-corrected chi connectivity index (χ1v) is 8.04. The van der Waals surface area contributed by atoms with Crippen molar-refractivity contribution in [2.75, 3.05) is 6.54 Å². The Morgan fingerprint density at radius 2 is 2.00 bits per heavy atom. The summed E-state index contributed by atoms with van der Waals surface area (Å²) in [7, 11) is 0. The number of phenols is 1. The summed E-state index contributed by atoms with van der Waals surface area (Å²) in [5.74, 6) is 1.12. The van der Waals surface area contributed by atoms with E-state index < -0.39 is 0 Å². The van der Waals surface area contributed by atoms with Crippen LogP contribution < -0.4 is 10.6 Å². The summed E-state index contributed by atoms with van der Waals surface area (Å²) >= 11 is 0. The number of carbonyl (C=O) groups is 1. The van der Waals surface area contributed by atoms with Crippen molar-refractivity contribution in [3.63, 3.8) is 0 Å². The van der Waals surface area contributed by atoms with Crippen LogP contribution in [-0.4, -0.2) is 29.6 Å². The fourth-order valence-electron chi connectivity index (χ4n) is 3.64. The third-order valence-corrected chi connectivity index (χ3v) is 4.83. The third-order valence-electron chi connectivity index (χ3n) is 4.83. The molecular weight excluding hydrogens is 264 g/mol. The van der Waals surface area contributed by atoms with Crippen molar-refractivity contribution < 1.29 is 9.90 Å². The van der Waals surface area contributed by atoms with Gasteiger partial charge >= 0.3 is 0 Å². The first-order chi connectivity index (χ1) is 10.2. The van der Waals surface area contributed by atoms with E-state index in [1.54, 1.807) is 12.1 Å². The molecule has 3 atom stereocenters. The predicted molar refractivity (Wildman–Crippen MR) is 82.1 cm³/mol. The number of carbonyl (C=O) groups excluding carboxylic acids is 1. The summed E-state index contributed by atoms with van der Waals surface area (Å²) in [5, 5.41) is 15.8. The van der Waals surface area contributed by atoms with Crippen LogP contribution in [0.1, 0.15) is 37.7 Å². The molecule has 1 heterocycles. The molecule has 21 heavy (non-hydrogen) atoms. The number of benzene rings is 1. The van der Waals surface area contributed by atoms with Crippen molar-refractivity contribution in [1.82, 2.24) is 10.6 Å². The highest BCUT2D eigenvalue weighted by Gasteiger charge is 2.37. The Morgan fingerprint density at radius 3 is 2.76 bits per heavy atom. The Bertz CT molecular complexity index is 472. The van der Waals surface area contributed by atoms with Gasteiger partial charge in [0.2, 0.25) is 5.91 Å². The number of hydrogen-bond donors (Lipinski definition) is 3. The maximum Gasteiger partial charge on any atom is 0.237 e. The summed E-state index contributed by atoms with van der Waals surface area (Å²) in [4.78, 5) is 12.2. The molecule has 2 fully saturated rings. The first-order valence-electron chi connectivity index (χ1n) is 8.04. The lowest BCUT2D eigenvalue weighted by Crippen LogP contribution is -2.43. The minimum atomic E-state index is -0.00193. The van der Waals surface area contributed by atoms with E-state index in [0.717, 1.165) is 18.4 Å². The maximum atomic E-state index is 12.2. The molecule has 1 amide bonds. The summed E-state index contributed by atoms with van der Waals surface area (Å²) in [6, 6.07) is 7.71. The fourth-order valence-corrected chi connectivity index (χ4v) is 3.64. The molecule has 1 aliphatic heterocycles. The van der Waals surface area contributed by atoms with Crippen molar-refractivity contribution in [3.8, 4) is 5.75 Å². The normalized spacial score (nSPS) is 28.1. The van der Waals surface area contributed by atoms with E-state index in [-0.39, 0.29) is 17.7 Å². The largest absolute Gasteiger partial charge is 0.508 e. The van der Waals surface area contributed by atoms with Crippen molar-refractivity contribution in [2.24, 2.45) is 5.92 Å². The molecule has 0 bridgehead atoms. The average molecular weight is 288 g/mol. The Hall–Kier alpha value is -1.55. The highest BCUT2D eigenvalue weighted by molar-refractivity contribution is 5.82. The van der Waals surface area contributed by atoms with Crippen LogP contribution in [0.2, 0.25) is 0 Å². The van der Waals surface area contributed by atoms with Crippen LogP contribution in [0.4, 0.5) is 0 Å². The molecule has 4 nitrogen and oxygen atoms in total. The van der Waals surface area contributed by atoms with Gasteiger partial charge in [-0.15, -0.1) is 0 Å². The zero-order valence-electron chi connectivity index (χ0n) is 12.3. The molecule has 0 radical (unpaired) electrons. The SMILES string of the molecule is O=C(NCCc1ccc(O)cc1)C1CC2CCCCC2N1. The van der Waals surface area contributed by atoms with E-state index in [1.807, 2.05) is 12.1 Å². The van der Waals surface area contributed by atoms with Gasteiger partial charge in [0.05, 0.1) is 6.04 Å². The second kappa shape index (κ2) is 6.48. The Morgan fingerprint density at radius 1 is 1.24 bits per heavy atom. The van der Waals surface area contributed by atoms with Gasteiger partial charge in [-0.25, -0.2) is 0 Å². The van der Waals surface area contributed by atoms with Crippen LogP contribution in [-0.2, 0) is 11.2 Å². The smallest absolute Gasteiger partial charge is 0.237 e. The topological polar surface area (TPSA) is 61.4 Å². The second-order valence-corrected chi connectivity index (χ2v) is 6.31. The molecule has 4 heteroatoms. The number of fused-ring (bicyclic) bond motifs is 1. The number of nitrogens with one attached hydrogen (secondary N) is 2. The number of phenolic OH excluding ortho intramolecular Hbond substituents is 1. The molecule has 1 aromatic carbocycles. The Balaban J connectivity index is 1.43. The van der Waals surface area contributed by atoms with E-state index in [4.69, 9.17) is 0 Å². The third kappa shape index (κ3) is 3.56. The molecule has 3 N–H and O–H groups in total. The number of amides is 1. The summed E-state index contributed by atoms with van der Waals surface area (Å²) in [6.45, 7) is 0.650. The van der Waals surface area contributed by atoms with Gasteiger partial charge in [0.25, 0.3) is 0 Å². The van der Waals surface area contributed by atoms with E-state index in [0.29, 0.717) is 18.5 Å². The van der Waals surface area contributed by atoms with Gasteiger partial charge in [0.15, 0.2) is 0 Å². The summed E-state index contributed by atoms with van der Waals surface area (Å²) in [6.07, 6.45) is 6.90. The predicted octanol–water partition coefficient (Wildman–Crippen LogP) is 1.97. The molecule has 1 saturated carbocycles. The van der Waals surface area contributed by atoms with Crippen molar-refractivity contribution in [2.45, 2.75) is 50.6 Å². The molecule has 1 aliphatic carbocycles. The van der Waals surface area contributed by atoms with Crippen LogP contribution in [0.3, 0.4) is 0 Å². The maximum absolute atomic E-state index is 12.2. The molecule has 3 rings (SSSR count). The van der Waals surface area contributed by atoms with Crippen molar-refractivity contribution in [3.05, 3.63) is 29.8 Å². The van der Waals surface area contributed by atoms with Gasteiger partial charge in [0.1, 0.15) is 5.75 Å². The number of aromatic hydroxyl groups is 1. The van der Waals surface area contributed by atoms with Crippen molar-refractivity contribution >= 4 is 5.91 Å². The molecule has 0 spiro atoms. The Labute approximate surface area is 125 Å². The highest BCUT2D eigenvalue weighted by Crippen LogP contribution is 2.33. The lowest BCUT2D eigenvalue weighted by Gasteiger charge is -2.24. The molecule has 114 valence electrons. The highest BCUT2D eigenvalue weighted by atomic mass is 16.3. The van der Waals surface area contributed by atoms with Gasteiger partial charge in [-0.05, 0) is 49.3 Å². The monoisotopic (exact) mass is 288 g/mol. The molecular formula is C17H24N2O2. The lowest BCUT2D eigenvalue weighted by molar-refractivity contribution is -0.122. The van der Waals surface area contributed by atoms with E-state index in [1.165, 1.54) is 25.7 Å². The zero-order chi connectivity index (χ0) is 14.7. The van der Waals surface area contributed by atoms with Crippen LogP contribution >= 0.6 is 0 Å².